The van der Waals surface area contributed by atoms with Crippen LogP contribution in [0.15, 0.2) is 35.2 Å². The molecule has 0 bridgehead atoms. The van der Waals surface area contributed by atoms with Crippen LogP contribution >= 0.6 is 11.8 Å². The van der Waals surface area contributed by atoms with Gasteiger partial charge in [-0.1, -0.05) is 66.7 Å². The van der Waals surface area contributed by atoms with E-state index in [1.165, 1.54) is 4.90 Å². The SMILES string of the molecule is CC(C)(C)[C@@H]1C(=O)O[C@H]2[C@H]1C[C@H](C(C)(C)Sc1ccccc1)CC2(C)C. The fraction of sp³-hybridized carbons (Fsp3) is 0.696. The van der Waals surface area contributed by atoms with Crippen LogP contribution in [0.4, 0.5) is 0 Å². The number of hydrogen-bond donors (Lipinski definition) is 0. The van der Waals surface area contributed by atoms with Gasteiger partial charge < -0.3 is 4.74 Å². The lowest BCUT2D eigenvalue weighted by Gasteiger charge is -2.49. The van der Waals surface area contributed by atoms with Gasteiger partial charge in [-0.25, -0.2) is 0 Å². The Morgan fingerprint density at radius 3 is 2.27 bits per heavy atom. The van der Waals surface area contributed by atoms with E-state index < -0.39 is 0 Å². The van der Waals surface area contributed by atoms with E-state index in [-0.39, 0.29) is 33.6 Å². The second kappa shape index (κ2) is 6.58. The lowest BCUT2D eigenvalue weighted by Crippen LogP contribution is -2.48. The van der Waals surface area contributed by atoms with Gasteiger partial charge in [0.1, 0.15) is 6.10 Å². The number of ether oxygens (including phenoxy) is 1. The Kier molecular flexibility index (Phi) is 5.01. The summed E-state index contributed by atoms with van der Waals surface area (Å²) < 4.78 is 6.08. The molecule has 3 heteroatoms. The van der Waals surface area contributed by atoms with E-state index in [9.17, 15) is 4.79 Å². The summed E-state index contributed by atoms with van der Waals surface area (Å²) in [6, 6.07) is 10.7. The standard InChI is InChI=1S/C23H34O2S/c1-21(2,3)18-17-13-15(14-22(4,5)19(17)25-20(18)24)23(6,7)26-16-11-9-8-10-12-16/h8-12,15,17-19H,13-14H2,1-7H3/t15-,17-,18-,19-/m0/s1. The first kappa shape index (κ1) is 19.8. The molecule has 4 atom stereocenters. The molecule has 144 valence electrons. The summed E-state index contributed by atoms with van der Waals surface area (Å²) in [5.41, 5.74) is -0.0249. The number of thioether (sulfide) groups is 1. The molecule has 0 unspecified atom stereocenters. The van der Waals surface area contributed by atoms with Gasteiger partial charge in [0.25, 0.3) is 0 Å². The second-order valence-electron chi connectivity index (χ2n) is 10.5. The zero-order chi connectivity index (χ0) is 19.3. The quantitative estimate of drug-likeness (QED) is 0.465. The maximum Gasteiger partial charge on any atom is 0.310 e. The van der Waals surface area contributed by atoms with Gasteiger partial charge in [-0.15, -0.1) is 11.8 Å². The van der Waals surface area contributed by atoms with Crippen molar-refractivity contribution in [1.29, 1.82) is 0 Å². The van der Waals surface area contributed by atoms with Gasteiger partial charge in [0.2, 0.25) is 0 Å². The molecule has 0 spiro atoms. The van der Waals surface area contributed by atoms with Crippen LogP contribution in [0.3, 0.4) is 0 Å². The summed E-state index contributed by atoms with van der Waals surface area (Å²) >= 11 is 1.97. The monoisotopic (exact) mass is 374 g/mol. The maximum atomic E-state index is 12.7. The van der Waals surface area contributed by atoms with Gasteiger partial charge in [0.15, 0.2) is 0 Å². The summed E-state index contributed by atoms with van der Waals surface area (Å²) in [5, 5.41) is 0. The zero-order valence-electron chi connectivity index (χ0n) is 17.3. The second-order valence-corrected chi connectivity index (χ2v) is 12.2. The van der Waals surface area contributed by atoms with Crippen LogP contribution in [-0.4, -0.2) is 16.8 Å². The van der Waals surface area contributed by atoms with Crippen LogP contribution < -0.4 is 0 Å². The summed E-state index contributed by atoms with van der Waals surface area (Å²) in [7, 11) is 0. The summed E-state index contributed by atoms with van der Waals surface area (Å²) in [6.07, 6.45) is 2.24. The van der Waals surface area contributed by atoms with Gasteiger partial charge in [-0.3, -0.25) is 4.79 Å². The number of rotatable bonds is 3. The Labute approximate surface area is 163 Å². The Morgan fingerprint density at radius 1 is 1.08 bits per heavy atom. The number of esters is 1. The van der Waals surface area contributed by atoms with Gasteiger partial charge in [-0.2, -0.15) is 0 Å². The zero-order valence-corrected chi connectivity index (χ0v) is 18.2. The molecule has 1 saturated carbocycles. The van der Waals surface area contributed by atoms with Crippen molar-refractivity contribution in [3.63, 3.8) is 0 Å². The molecule has 0 N–H and O–H groups in total. The van der Waals surface area contributed by atoms with Gasteiger partial charge in [-0.05, 0) is 36.3 Å². The third kappa shape index (κ3) is 3.69. The van der Waals surface area contributed by atoms with Crippen LogP contribution in [0.25, 0.3) is 0 Å². The molecule has 0 radical (unpaired) electrons. The fourth-order valence-corrected chi connectivity index (χ4v) is 6.45. The van der Waals surface area contributed by atoms with Crippen molar-refractivity contribution in [1.82, 2.24) is 0 Å². The molecular formula is C23H34O2S. The van der Waals surface area contributed by atoms with Gasteiger partial charge in [0.05, 0.1) is 5.92 Å². The van der Waals surface area contributed by atoms with Crippen molar-refractivity contribution in [2.45, 2.75) is 77.1 Å². The lowest BCUT2D eigenvalue weighted by atomic mass is 9.58. The first-order valence-electron chi connectivity index (χ1n) is 9.86. The fourth-order valence-electron chi connectivity index (χ4n) is 5.20. The molecule has 1 aromatic rings. The third-order valence-corrected chi connectivity index (χ3v) is 7.82. The molecule has 1 saturated heterocycles. The van der Waals surface area contributed by atoms with E-state index in [2.05, 4.69) is 78.8 Å². The van der Waals surface area contributed by atoms with Gasteiger partial charge >= 0.3 is 5.97 Å². The molecule has 2 fully saturated rings. The number of benzene rings is 1. The topological polar surface area (TPSA) is 26.3 Å². The average Bonchev–Trinajstić information content (AvgIpc) is 2.84. The van der Waals surface area contributed by atoms with E-state index in [0.717, 1.165) is 12.8 Å². The minimum atomic E-state index is -0.0504. The van der Waals surface area contributed by atoms with Crippen molar-refractivity contribution in [3.8, 4) is 0 Å². The summed E-state index contributed by atoms with van der Waals surface area (Å²) in [4.78, 5) is 14.0. The average molecular weight is 375 g/mol. The predicted molar refractivity (Wildman–Crippen MR) is 109 cm³/mol. The van der Waals surface area contributed by atoms with Crippen LogP contribution in [-0.2, 0) is 9.53 Å². The number of hydrogen-bond acceptors (Lipinski definition) is 3. The molecule has 3 rings (SSSR count). The Balaban J connectivity index is 1.87. The normalized spacial score (nSPS) is 31.4. The van der Waals surface area contributed by atoms with E-state index >= 15 is 0 Å². The molecule has 26 heavy (non-hydrogen) atoms. The van der Waals surface area contributed by atoms with Crippen molar-refractivity contribution in [2.24, 2.45) is 28.6 Å². The van der Waals surface area contributed by atoms with E-state index in [0.29, 0.717) is 11.8 Å². The summed E-state index contributed by atoms with van der Waals surface area (Å²) in [5.74, 6) is 0.914. The van der Waals surface area contributed by atoms with E-state index in [4.69, 9.17) is 4.74 Å². The minimum absolute atomic E-state index is 0.00657. The van der Waals surface area contributed by atoms with E-state index in [1.807, 2.05) is 11.8 Å². The largest absolute Gasteiger partial charge is 0.461 e. The molecule has 1 heterocycles. The minimum Gasteiger partial charge on any atom is -0.461 e. The van der Waals surface area contributed by atoms with Crippen LogP contribution in [0.1, 0.15) is 61.3 Å². The molecule has 2 aliphatic rings. The Bertz CT molecular complexity index is 657. The lowest BCUT2D eigenvalue weighted by molar-refractivity contribution is -0.151. The molecule has 0 amide bonds. The molecule has 1 aromatic carbocycles. The highest BCUT2D eigenvalue weighted by atomic mass is 32.2. The van der Waals surface area contributed by atoms with Crippen LogP contribution in [0.5, 0.6) is 0 Å². The van der Waals surface area contributed by atoms with Crippen molar-refractivity contribution >= 4 is 17.7 Å². The van der Waals surface area contributed by atoms with Crippen LogP contribution in [0.2, 0.25) is 0 Å². The molecule has 1 aliphatic heterocycles. The molecule has 1 aliphatic carbocycles. The maximum absolute atomic E-state index is 12.7. The molecular weight excluding hydrogens is 340 g/mol. The number of carbonyl (C=O) groups excluding carboxylic acids is 1. The first-order valence-corrected chi connectivity index (χ1v) is 10.7. The first-order chi connectivity index (χ1) is 11.9. The highest BCUT2D eigenvalue weighted by Gasteiger charge is 2.59. The molecule has 0 aromatic heterocycles. The smallest absolute Gasteiger partial charge is 0.310 e. The predicted octanol–water partition coefficient (Wildman–Crippen LogP) is 6.20. The van der Waals surface area contributed by atoms with Gasteiger partial charge in [0, 0.05) is 21.0 Å². The number of fused-ring (bicyclic) bond motifs is 1. The Morgan fingerprint density at radius 2 is 1.69 bits per heavy atom. The third-order valence-electron chi connectivity index (χ3n) is 6.45. The van der Waals surface area contributed by atoms with Crippen molar-refractivity contribution in [3.05, 3.63) is 30.3 Å². The van der Waals surface area contributed by atoms with Crippen LogP contribution in [0, 0.1) is 28.6 Å². The Hall–Kier alpha value is -0.960. The summed E-state index contributed by atoms with van der Waals surface area (Å²) in [6.45, 7) is 15.9. The number of carbonyl (C=O) groups is 1. The van der Waals surface area contributed by atoms with Crippen molar-refractivity contribution < 1.29 is 9.53 Å². The molecule has 2 nitrogen and oxygen atoms in total. The van der Waals surface area contributed by atoms with Crippen molar-refractivity contribution in [2.75, 3.05) is 0 Å². The highest BCUT2D eigenvalue weighted by molar-refractivity contribution is 8.00. The van der Waals surface area contributed by atoms with E-state index in [1.54, 1.807) is 0 Å². The highest BCUT2D eigenvalue weighted by Crippen LogP contribution is 2.58.